The van der Waals surface area contributed by atoms with Crippen LogP contribution in [0, 0.1) is 0 Å². The molecule has 0 unspecified atom stereocenters. The van der Waals surface area contributed by atoms with Crippen molar-refractivity contribution in [3.8, 4) is 0 Å². The fraction of sp³-hybridized carbons (Fsp3) is 0.462. The number of benzene rings is 1. The minimum atomic E-state index is -3.51. The lowest BCUT2D eigenvalue weighted by Crippen LogP contribution is -2.46. The maximum absolute atomic E-state index is 12.5. The molecule has 1 fully saturated rings. The van der Waals surface area contributed by atoms with Crippen molar-refractivity contribution in [2.45, 2.75) is 23.8 Å². The van der Waals surface area contributed by atoms with Crippen molar-refractivity contribution in [1.82, 2.24) is 9.62 Å². The Balaban J connectivity index is 2.01. The summed E-state index contributed by atoms with van der Waals surface area (Å²) < 4.78 is 30.9. The van der Waals surface area contributed by atoms with Gasteiger partial charge in [0.1, 0.15) is 0 Å². The first-order chi connectivity index (χ1) is 9.93. The molecule has 21 heavy (non-hydrogen) atoms. The second-order valence-corrected chi connectivity index (χ2v) is 7.14. The molecule has 1 heterocycles. The molecule has 1 aliphatic rings. The summed E-state index contributed by atoms with van der Waals surface area (Å²) in [5, 5.41) is 3.18. The summed E-state index contributed by atoms with van der Waals surface area (Å²) in [5.41, 5.74) is 0. The number of hydrogen-bond acceptors (Lipinski definition) is 4. The Hall–Kier alpha value is -1.31. The lowest BCUT2D eigenvalue weighted by atomic mass is 10.1. The Morgan fingerprint density at radius 2 is 1.86 bits per heavy atom. The van der Waals surface area contributed by atoms with E-state index >= 15 is 0 Å². The van der Waals surface area contributed by atoms with E-state index in [1.54, 1.807) is 12.1 Å². The maximum Gasteiger partial charge on any atom is 0.407 e. The van der Waals surface area contributed by atoms with Crippen LogP contribution in [0.25, 0.3) is 0 Å². The maximum atomic E-state index is 12.5. The van der Waals surface area contributed by atoms with E-state index in [1.807, 2.05) is 0 Å². The van der Waals surface area contributed by atoms with Gasteiger partial charge in [0.25, 0.3) is 0 Å². The minimum Gasteiger partial charge on any atom is -0.453 e. The number of carbonyl (C=O) groups excluding carboxylic acids is 1. The molecular weight excluding hydrogens is 316 g/mol. The van der Waals surface area contributed by atoms with Crippen LogP contribution in [0.3, 0.4) is 0 Å². The van der Waals surface area contributed by atoms with E-state index in [4.69, 9.17) is 11.6 Å². The van der Waals surface area contributed by atoms with Crippen LogP contribution in [0.2, 0.25) is 5.02 Å². The highest BCUT2D eigenvalue weighted by atomic mass is 35.5. The summed E-state index contributed by atoms with van der Waals surface area (Å²) in [6.07, 6.45) is 0.623. The summed E-state index contributed by atoms with van der Waals surface area (Å²) in [5.74, 6) is 0. The number of piperidine rings is 1. The van der Waals surface area contributed by atoms with Crippen molar-refractivity contribution in [3.05, 3.63) is 29.3 Å². The third kappa shape index (κ3) is 3.87. The van der Waals surface area contributed by atoms with Crippen molar-refractivity contribution in [2.75, 3.05) is 20.2 Å². The van der Waals surface area contributed by atoms with E-state index in [9.17, 15) is 13.2 Å². The highest BCUT2D eigenvalue weighted by Crippen LogP contribution is 2.22. The largest absolute Gasteiger partial charge is 0.453 e. The van der Waals surface area contributed by atoms with Crippen LogP contribution >= 0.6 is 11.6 Å². The lowest BCUT2D eigenvalue weighted by Gasteiger charge is -2.31. The van der Waals surface area contributed by atoms with Gasteiger partial charge in [0.05, 0.1) is 12.0 Å². The first kappa shape index (κ1) is 16.1. The molecule has 1 aromatic carbocycles. The van der Waals surface area contributed by atoms with Gasteiger partial charge in [-0.25, -0.2) is 13.2 Å². The van der Waals surface area contributed by atoms with E-state index in [-0.39, 0.29) is 10.9 Å². The van der Waals surface area contributed by atoms with E-state index in [1.165, 1.54) is 23.5 Å². The second kappa shape index (κ2) is 6.64. The van der Waals surface area contributed by atoms with Gasteiger partial charge in [-0.15, -0.1) is 0 Å². The molecule has 1 aromatic rings. The van der Waals surface area contributed by atoms with Crippen LogP contribution in [0.5, 0.6) is 0 Å². The quantitative estimate of drug-likeness (QED) is 0.916. The first-order valence-corrected chi connectivity index (χ1v) is 8.35. The summed E-state index contributed by atoms with van der Waals surface area (Å²) in [6, 6.07) is 6.04. The molecule has 0 aliphatic carbocycles. The van der Waals surface area contributed by atoms with E-state index < -0.39 is 16.1 Å². The number of nitrogens with one attached hydrogen (secondary N) is 1. The number of sulfonamides is 1. The van der Waals surface area contributed by atoms with Gasteiger partial charge in [-0.1, -0.05) is 11.6 Å². The topological polar surface area (TPSA) is 75.7 Å². The van der Waals surface area contributed by atoms with Crippen LogP contribution in [-0.2, 0) is 14.8 Å². The van der Waals surface area contributed by atoms with Crippen LogP contribution in [0.1, 0.15) is 12.8 Å². The van der Waals surface area contributed by atoms with Crippen LogP contribution in [0.4, 0.5) is 4.79 Å². The van der Waals surface area contributed by atoms with Gasteiger partial charge in [-0.3, -0.25) is 0 Å². The third-order valence-corrected chi connectivity index (χ3v) is 5.58. The molecule has 0 saturated carbocycles. The van der Waals surface area contributed by atoms with Gasteiger partial charge >= 0.3 is 6.09 Å². The summed E-state index contributed by atoms with van der Waals surface area (Å²) in [7, 11) is -2.20. The number of ether oxygens (including phenoxy) is 1. The molecular formula is C13H17ClN2O4S. The molecule has 1 aliphatic heterocycles. The molecule has 1 amide bonds. The highest BCUT2D eigenvalue weighted by Gasteiger charge is 2.29. The highest BCUT2D eigenvalue weighted by molar-refractivity contribution is 7.89. The lowest BCUT2D eigenvalue weighted by molar-refractivity contribution is 0.161. The Morgan fingerprint density at radius 3 is 2.38 bits per heavy atom. The summed E-state index contributed by atoms with van der Waals surface area (Å²) >= 11 is 5.77. The fourth-order valence-electron chi connectivity index (χ4n) is 2.22. The Kier molecular flexibility index (Phi) is 5.08. The zero-order valence-electron chi connectivity index (χ0n) is 11.6. The van der Waals surface area contributed by atoms with Gasteiger partial charge in [0.15, 0.2) is 0 Å². The van der Waals surface area contributed by atoms with Crippen molar-refractivity contribution < 1.29 is 17.9 Å². The standard InChI is InChI=1S/C13H17ClN2O4S/c1-20-13(17)15-11-6-8-16(9-7-11)21(18,19)12-4-2-10(14)3-5-12/h2-5,11H,6-9H2,1H3,(H,15,17). The Labute approximate surface area is 129 Å². The van der Waals surface area contributed by atoms with Gasteiger partial charge < -0.3 is 10.1 Å². The Bertz CT molecular complexity index is 595. The number of nitrogens with zero attached hydrogens (tertiary/aromatic N) is 1. The fourth-order valence-corrected chi connectivity index (χ4v) is 3.82. The predicted molar refractivity (Wildman–Crippen MR) is 78.8 cm³/mol. The number of hydrogen-bond donors (Lipinski definition) is 1. The van der Waals surface area contributed by atoms with Crippen molar-refractivity contribution in [2.24, 2.45) is 0 Å². The zero-order chi connectivity index (χ0) is 15.5. The van der Waals surface area contributed by atoms with Crippen molar-refractivity contribution >= 4 is 27.7 Å². The third-order valence-electron chi connectivity index (χ3n) is 3.41. The molecule has 0 aromatic heterocycles. The predicted octanol–water partition coefficient (Wildman–Crippen LogP) is 1.85. The molecule has 2 rings (SSSR count). The molecule has 1 N–H and O–H groups in total. The normalized spacial score (nSPS) is 17.4. The molecule has 116 valence electrons. The number of amides is 1. The van der Waals surface area contributed by atoms with E-state index in [0.717, 1.165) is 0 Å². The molecule has 8 heteroatoms. The van der Waals surface area contributed by atoms with Gasteiger partial charge in [0, 0.05) is 24.2 Å². The Morgan fingerprint density at radius 1 is 1.29 bits per heavy atom. The van der Waals surface area contributed by atoms with Gasteiger partial charge in [0.2, 0.25) is 10.0 Å². The number of alkyl carbamates (subject to hydrolysis) is 1. The number of methoxy groups -OCH3 is 1. The van der Waals surface area contributed by atoms with Crippen LogP contribution < -0.4 is 5.32 Å². The van der Waals surface area contributed by atoms with Gasteiger partial charge in [-0.2, -0.15) is 4.31 Å². The SMILES string of the molecule is COC(=O)NC1CCN(S(=O)(=O)c2ccc(Cl)cc2)CC1. The zero-order valence-corrected chi connectivity index (χ0v) is 13.2. The van der Waals surface area contributed by atoms with Gasteiger partial charge in [-0.05, 0) is 37.1 Å². The molecule has 1 saturated heterocycles. The van der Waals surface area contributed by atoms with Crippen LogP contribution in [0.15, 0.2) is 29.2 Å². The van der Waals surface area contributed by atoms with E-state index in [2.05, 4.69) is 10.1 Å². The number of carbonyl (C=O) groups is 1. The first-order valence-electron chi connectivity index (χ1n) is 6.53. The molecule has 0 atom stereocenters. The van der Waals surface area contributed by atoms with Crippen molar-refractivity contribution in [1.29, 1.82) is 0 Å². The molecule has 6 nitrogen and oxygen atoms in total. The monoisotopic (exact) mass is 332 g/mol. The smallest absolute Gasteiger partial charge is 0.407 e. The minimum absolute atomic E-state index is 0.0610. The average Bonchev–Trinajstić information content (AvgIpc) is 2.48. The summed E-state index contributed by atoms with van der Waals surface area (Å²) in [6.45, 7) is 0.721. The van der Waals surface area contributed by atoms with Crippen LogP contribution in [-0.4, -0.2) is 45.1 Å². The second-order valence-electron chi connectivity index (χ2n) is 4.77. The summed E-state index contributed by atoms with van der Waals surface area (Å²) in [4.78, 5) is 11.4. The molecule has 0 spiro atoms. The average molecular weight is 333 g/mol. The molecule has 0 bridgehead atoms. The van der Waals surface area contributed by atoms with Crippen molar-refractivity contribution in [3.63, 3.8) is 0 Å². The number of halogens is 1. The van der Waals surface area contributed by atoms with E-state index in [0.29, 0.717) is 31.0 Å². The number of rotatable bonds is 3. The molecule has 0 radical (unpaired) electrons.